The van der Waals surface area contributed by atoms with Gasteiger partial charge < -0.3 is 5.32 Å². The third kappa shape index (κ3) is 3.67. The van der Waals surface area contributed by atoms with E-state index in [2.05, 4.69) is 68.3 Å². The van der Waals surface area contributed by atoms with Gasteiger partial charge in [-0.3, -0.25) is 4.98 Å². The van der Waals surface area contributed by atoms with Crippen molar-refractivity contribution in [2.24, 2.45) is 0 Å². The minimum atomic E-state index is 0.515. The molecule has 0 aliphatic heterocycles. The Hall–Kier alpha value is -1.67. The number of nitrogens with one attached hydrogen (secondary N) is 1. The Kier molecular flexibility index (Phi) is 4.91. The largest absolute Gasteiger partial charge is 0.311 e. The quantitative estimate of drug-likeness (QED) is 0.872. The van der Waals surface area contributed by atoms with Crippen molar-refractivity contribution in [2.45, 2.75) is 40.2 Å². The molecule has 2 aromatic rings. The van der Waals surface area contributed by atoms with E-state index in [4.69, 9.17) is 0 Å². The monoisotopic (exact) mass is 268 g/mol. The summed E-state index contributed by atoms with van der Waals surface area (Å²) in [4.78, 5) is 4.60. The molecule has 1 aromatic carbocycles. The Bertz CT molecular complexity index is 612. The van der Waals surface area contributed by atoms with Gasteiger partial charge in [-0.15, -0.1) is 0 Å². The molecule has 0 spiro atoms. The van der Waals surface area contributed by atoms with Gasteiger partial charge in [0.25, 0.3) is 0 Å². The molecule has 1 N–H and O–H groups in total. The summed E-state index contributed by atoms with van der Waals surface area (Å²) in [5.74, 6) is 0. The van der Waals surface area contributed by atoms with Crippen molar-refractivity contribution in [3.8, 4) is 0 Å². The van der Waals surface area contributed by atoms with Gasteiger partial charge in [-0.1, -0.05) is 50.6 Å². The summed E-state index contributed by atoms with van der Waals surface area (Å²) >= 11 is 0. The maximum atomic E-state index is 4.60. The Balaban J connectivity index is 2.40. The number of aryl methyl sites for hydroxylation is 1. The maximum Gasteiger partial charge on any atom is 0.0711 e. The van der Waals surface area contributed by atoms with Crippen LogP contribution in [0.4, 0.5) is 0 Å². The predicted octanol–water partition coefficient (Wildman–Crippen LogP) is 4.33. The van der Waals surface area contributed by atoms with E-state index in [9.17, 15) is 0 Å². The fraction of sp³-hybridized carbons (Fsp3) is 0.389. The summed E-state index contributed by atoms with van der Waals surface area (Å²) in [6, 6.07) is 11.0. The number of pyridine rings is 1. The topological polar surface area (TPSA) is 24.9 Å². The number of nitrogens with zero attached hydrogens (tertiary/aromatic N) is 1. The van der Waals surface area contributed by atoms with E-state index in [0.29, 0.717) is 6.04 Å². The van der Waals surface area contributed by atoms with Crippen LogP contribution in [0, 0.1) is 6.92 Å². The van der Waals surface area contributed by atoms with Crippen molar-refractivity contribution >= 4 is 17.0 Å². The highest BCUT2D eigenvalue weighted by atomic mass is 14.9. The van der Waals surface area contributed by atoms with Crippen LogP contribution in [-0.2, 0) is 0 Å². The molecule has 1 heterocycles. The molecule has 0 radical (unpaired) electrons. The molecule has 106 valence electrons. The molecule has 1 aromatic heterocycles. The summed E-state index contributed by atoms with van der Waals surface area (Å²) in [6.07, 6.45) is 3.38. The third-order valence-electron chi connectivity index (χ3n) is 3.43. The van der Waals surface area contributed by atoms with E-state index >= 15 is 0 Å². The predicted molar refractivity (Wildman–Crippen MR) is 87.9 cm³/mol. The van der Waals surface area contributed by atoms with Crippen molar-refractivity contribution < 1.29 is 0 Å². The lowest BCUT2D eigenvalue weighted by atomic mass is 10.0. The first-order valence-corrected chi connectivity index (χ1v) is 7.39. The van der Waals surface area contributed by atoms with Gasteiger partial charge in [-0.05, 0) is 31.0 Å². The summed E-state index contributed by atoms with van der Waals surface area (Å²) in [5, 5.41) is 4.73. The first-order chi connectivity index (χ1) is 9.60. The molecule has 0 amide bonds. The Morgan fingerprint density at radius 2 is 2.05 bits per heavy atom. The van der Waals surface area contributed by atoms with Gasteiger partial charge in [-0.25, -0.2) is 0 Å². The second-order valence-corrected chi connectivity index (χ2v) is 5.56. The van der Waals surface area contributed by atoms with Gasteiger partial charge in [0.05, 0.1) is 5.52 Å². The van der Waals surface area contributed by atoms with Crippen molar-refractivity contribution in [3.63, 3.8) is 0 Å². The fourth-order valence-electron chi connectivity index (χ4n) is 2.29. The molecule has 0 saturated heterocycles. The van der Waals surface area contributed by atoms with Crippen LogP contribution in [0.3, 0.4) is 0 Å². The fourth-order valence-corrected chi connectivity index (χ4v) is 2.29. The van der Waals surface area contributed by atoms with Gasteiger partial charge in [0, 0.05) is 23.7 Å². The zero-order valence-electron chi connectivity index (χ0n) is 12.9. The first-order valence-electron chi connectivity index (χ1n) is 7.39. The Labute approximate surface area is 121 Å². The van der Waals surface area contributed by atoms with E-state index in [-0.39, 0.29) is 0 Å². The molecule has 20 heavy (non-hydrogen) atoms. The average molecular weight is 268 g/mol. The second kappa shape index (κ2) is 6.67. The van der Waals surface area contributed by atoms with Crippen molar-refractivity contribution in [1.82, 2.24) is 10.3 Å². The molecule has 2 heteroatoms. The molecule has 0 aliphatic rings. The number of rotatable bonds is 5. The summed E-state index contributed by atoms with van der Waals surface area (Å²) in [7, 11) is 0. The molecular weight excluding hydrogens is 244 g/mol. The average Bonchev–Trinajstić information content (AvgIpc) is 2.42. The Morgan fingerprint density at radius 3 is 2.75 bits per heavy atom. The Morgan fingerprint density at radius 1 is 1.30 bits per heavy atom. The van der Waals surface area contributed by atoms with Crippen LogP contribution in [-0.4, -0.2) is 17.6 Å². The summed E-state index contributed by atoms with van der Waals surface area (Å²) < 4.78 is 0. The van der Waals surface area contributed by atoms with Crippen LogP contribution in [0.2, 0.25) is 0 Å². The minimum Gasteiger partial charge on any atom is -0.311 e. The molecule has 0 saturated carbocycles. The SMILES string of the molecule is CCC(=Cc1cc(C)nc2ccccc12)CNC(C)C. The molecular formula is C18H24N2. The van der Waals surface area contributed by atoms with Gasteiger partial charge >= 0.3 is 0 Å². The van der Waals surface area contributed by atoms with Crippen LogP contribution in [0.25, 0.3) is 17.0 Å². The maximum absolute atomic E-state index is 4.60. The molecule has 0 aliphatic carbocycles. The molecule has 0 bridgehead atoms. The lowest BCUT2D eigenvalue weighted by Gasteiger charge is -2.11. The number of para-hydroxylation sites is 1. The van der Waals surface area contributed by atoms with Crippen LogP contribution in [0.15, 0.2) is 35.9 Å². The second-order valence-electron chi connectivity index (χ2n) is 5.56. The van der Waals surface area contributed by atoms with Gasteiger partial charge in [0.2, 0.25) is 0 Å². The van der Waals surface area contributed by atoms with Gasteiger partial charge in [-0.2, -0.15) is 0 Å². The number of aromatic nitrogens is 1. The van der Waals surface area contributed by atoms with E-state index in [1.54, 1.807) is 0 Å². The lowest BCUT2D eigenvalue weighted by molar-refractivity contribution is 0.617. The van der Waals surface area contributed by atoms with Gasteiger partial charge in [0.1, 0.15) is 0 Å². The normalized spacial score (nSPS) is 12.3. The van der Waals surface area contributed by atoms with E-state index in [1.807, 2.05) is 6.07 Å². The third-order valence-corrected chi connectivity index (χ3v) is 3.43. The standard InChI is InChI=1S/C18H24N2/c1-5-15(12-19-13(2)3)11-16-10-14(4)20-18-9-7-6-8-17(16)18/h6-11,13,19H,5,12H2,1-4H3. The highest BCUT2D eigenvalue weighted by Gasteiger charge is 2.03. The number of hydrogen-bond donors (Lipinski definition) is 1. The highest BCUT2D eigenvalue weighted by Crippen LogP contribution is 2.21. The van der Waals surface area contributed by atoms with Crippen LogP contribution in [0.1, 0.15) is 38.4 Å². The number of benzene rings is 1. The van der Waals surface area contributed by atoms with E-state index < -0.39 is 0 Å². The molecule has 0 fully saturated rings. The van der Waals surface area contributed by atoms with E-state index in [0.717, 1.165) is 24.2 Å². The van der Waals surface area contributed by atoms with Crippen LogP contribution in [0.5, 0.6) is 0 Å². The highest BCUT2D eigenvalue weighted by molar-refractivity contribution is 5.88. The first kappa shape index (κ1) is 14.7. The summed E-state index contributed by atoms with van der Waals surface area (Å²) in [6.45, 7) is 9.58. The lowest BCUT2D eigenvalue weighted by Crippen LogP contribution is -2.24. The summed E-state index contributed by atoms with van der Waals surface area (Å²) in [5.41, 5.74) is 4.85. The molecule has 2 nitrogen and oxygen atoms in total. The van der Waals surface area contributed by atoms with Crippen LogP contribution >= 0.6 is 0 Å². The minimum absolute atomic E-state index is 0.515. The van der Waals surface area contributed by atoms with Crippen LogP contribution < -0.4 is 5.32 Å². The molecule has 0 unspecified atom stereocenters. The van der Waals surface area contributed by atoms with E-state index in [1.165, 1.54) is 16.5 Å². The zero-order chi connectivity index (χ0) is 14.5. The van der Waals surface area contributed by atoms with Crippen molar-refractivity contribution in [3.05, 3.63) is 47.2 Å². The molecule has 0 atom stereocenters. The number of hydrogen-bond acceptors (Lipinski definition) is 2. The smallest absolute Gasteiger partial charge is 0.0711 e. The number of fused-ring (bicyclic) bond motifs is 1. The van der Waals surface area contributed by atoms with Gasteiger partial charge in [0.15, 0.2) is 0 Å². The van der Waals surface area contributed by atoms with Crippen molar-refractivity contribution in [1.29, 1.82) is 0 Å². The molecule has 2 rings (SSSR count). The zero-order valence-corrected chi connectivity index (χ0v) is 12.9. The van der Waals surface area contributed by atoms with Crippen molar-refractivity contribution in [2.75, 3.05) is 6.54 Å².